The van der Waals surface area contributed by atoms with E-state index in [9.17, 15) is 4.79 Å². The monoisotopic (exact) mass is 300 g/mol. The summed E-state index contributed by atoms with van der Waals surface area (Å²) in [6.45, 7) is 3.44. The van der Waals surface area contributed by atoms with Crippen molar-refractivity contribution in [2.75, 3.05) is 24.6 Å². The molecule has 19 heavy (non-hydrogen) atoms. The maximum Gasteiger partial charge on any atom is 0.247 e. The van der Waals surface area contributed by atoms with Crippen LogP contribution in [-0.4, -0.2) is 35.4 Å². The van der Waals surface area contributed by atoms with Crippen LogP contribution in [0.2, 0.25) is 0 Å². The van der Waals surface area contributed by atoms with Crippen LogP contribution in [0.3, 0.4) is 0 Å². The molecular weight excluding hydrogens is 280 g/mol. The third kappa shape index (κ3) is 3.88. The van der Waals surface area contributed by atoms with E-state index in [0.29, 0.717) is 0 Å². The van der Waals surface area contributed by atoms with Crippen LogP contribution in [0.25, 0.3) is 0 Å². The Morgan fingerprint density at radius 3 is 2.63 bits per heavy atom. The van der Waals surface area contributed by atoms with Crippen molar-refractivity contribution in [3.8, 4) is 0 Å². The van der Waals surface area contributed by atoms with E-state index in [1.165, 1.54) is 0 Å². The number of hydrogen-bond donors (Lipinski definition) is 1. The van der Waals surface area contributed by atoms with E-state index in [0.717, 1.165) is 36.6 Å². The fourth-order valence-electron chi connectivity index (χ4n) is 2.19. The van der Waals surface area contributed by atoms with E-state index in [-0.39, 0.29) is 18.3 Å². The molecule has 1 aromatic carbocycles. The molecule has 0 bridgehead atoms. The van der Waals surface area contributed by atoms with E-state index in [1.54, 1.807) is 0 Å². The van der Waals surface area contributed by atoms with Gasteiger partial charge >= 0.3 is 0 Å². The Bertz CT molecular complexity index is 403. The lowest BCUT2D eigenvalue weighted by atomic mass is 9.91. The zero-order valence-corrected chi connectivity index (χ0v) is 12.8. The second-order valence-corrected chi connectivity index (χ2v) is 6.05. The minimum Gasteiger partial charge on any atom is -0.340 e. The Morgan fingerprint density at radius 1 is 1.26 bits per heavy atom. The highest BCUT2D eigenvalue weighted by Crippen LogP contribution is 2.22. The number of thioether (sulfide) groups is 1. The first-order valence-electron chi connectivity index (χ1n) is 6.34. The molecule has 0 radical (unpaired) electrons. The fraction of sp³-hybridized carbons (Fsp3) is 0.500. The van der Waals surface area contributed by atoms with E-state index < -0.39 is 5.54 Å². The molecule has 1 heterocycles. The van der Waals surface area contributed by atoms with Gasteiger partial charge in [0.15, 0.2) is 0 Å². The number of nitrogens with zero attached hydrogens (tertiary/aromatic N) is 1. The van der Waals surface area contributed by atoms with Crippen LogP contribution < -0.4 is 5.73 Å². The largest absolute Gasteiger partial charge is 0.340 e. The number of halogens is 1. The van der Waals surface area contributed by atoms with Crippen LogP contribution in [0.15, 0.2) is 30.3 Å². The predicted molar refractivity (Wildman–Crippen MR) is 83.8 cm³/mol. The van der Waals surface area contributed by atoms with Gasteiger partial charge in [-0.05, 0) is 24.7 Å². The second kappa shape index (κ2) is 7.17. The van der Waals surface area contributed by atoms with Gasteiger partial charge in [0.1, 0.15) is 5.54 Å². The molecule has 2 rings (SSSR count). The molecule has 1 aromatic rings. The average Bonchev–Trinajstić information content (AvgIpc) is 2.67. The fourth-order valence-corrected chi connectivity index (χ4v) is 3.07. The van der Waals surface area contributed by atoms with Gasteiger partial charge in [0.2, 0.25) is 5.91 Å². The maximum atomic E-state index is 12.6. The van der Waals surface area contributed by atoms with Crippen molar-refractivity contribution in [1.29, 1.82) is 0 Å². The lowest BCUT2D eigenvalue weighted by molar-refractivity contribution is -0.136. The van der Waals surface area contributed by atoms with Gasteiger partial charge in [0.25, 0.3) is 0 Å². The minimum absolute atomic E-state index is 0. The Labute approximate surface area is 125 Å². The molecule has 1 fully saturated rings. The molecule has 0 spiro atoms. The zero-order valence-electron chi connectivity index (χ0n) is 11.2. The molecule has 1 saturated heterocycles. The third-order valence-corrected chi connectivity index (χ3v) is 4.38. The van der Waals surface area contributed by atoms with Crippen LogP contribution in [0, 0.1) is 0 Å². The molecule has 5 heteroatoms. The van der Waals surface area contributed by atoms with E-state index in [4.69, 9.17) is 5.73 Å². The van der Waals surface area contributed by atoms with Crippen molar-refractivity contribution >= 4 is 30.1 Å². The normalized spacial score (nSPS) is 18.9. The van der Waals surface area contributed by atoms with Crippen molar-refractivity contribution in [2.24, 2.45) is 5.73 Å². The first-order chi connectivity index (χ1) is 8.62. The molecule has 1 amide bonds. The summed E-state index contributed by atoms with van der Waals surface area (Å²) in [4.78, 5) is 14.5. The second-order valence-electron chi connectivity index (χ2n) is 4.83. The molecule has 1 atom stereocenters. The highest BCUT2D eigenvalue weighted by molar-refractivity contribution is 7.99. The number of rotatable bonds is 2. The number of hydrogen-bond acceptors (Lipinski definition) is 3. The quantitative estimate of drug-likeness (QED) is 0.911. The van der Waals surface area contributed by atoms with Crippen LogP contribution in [-0.2, 0) is 10.3 Å². The molecule has 1 aliphatic rings. The van der Waals surface area contributed by atoms with Crippen LogP contribution >= 0.6 is 24.2 Å². The summed E-state index contributed by atoms with van der Waals surface area (Å²) in [6.07, 6.45) is 1.06. The van der Waals surface area contributed by atoms with Gasteiger partial charge in [-0.15, -0.1) is 12.4 Å². The number of nitrogens with two attached hydrogens (primary N) is 1. The summed E-state index contributed by atoms with van der Waals surface area (Å²) in [5, 5.41) is 0. The predicted octanol–water partition coefficient (Wildman–Crippen LogP) is 2.25. The molecule has 0 aromatic heterocycles. The molecule has 3 nitrogen and oxygen atoms in total. The van der Waals surface area contributed by atoms with E-state index in [2.05, 4.69) is 0 Å². The molecule has 0 aliphatic carbocycles. The van der Waals surface area contributed by atoms with Crippen LogP contribution in [0.1, 0.15) is 18.9 Å². The average molecular weight is 301 g/mol. The van der Waals surface area contributed by atoms with Crippen LogP contribution in [0.5, 0.6) is 0 Å². The minimum atomic E-state index is -0.920. The Kier molecular flexibility index (Phi) is 6.17. The summed E-state index contributed by atoms with van der Waals surface area (Å²) >= 11 is 1.91. The Balaban J connectivity index is 0.00000180. The Morgan fingerprint density at radius 2 is 1.95 bits per heavy atom. The van der Waals surface area contributed by atoms with Gasteiger partial charge in [-0.2, -0.15) is 11.8 Å². The smallest absolute Gasteiger partial charge is 0.247 e. The SMILES string of the molecule is CC(N)(C(=O)N1CCCSCC1)c1ccccc1.Cl. The highest BCUT2D eigenvalue weighted by Gasteiger charge is 2.34. The molecule has 2 N–H and O–H groups in total. The standard InChI is InChI=1S/C14H20N2OS.ClH/c1-14(15,12-6-3-2-4-7-12)13(17)16-8-5-10-18-11-9-16;/h2-4,6-7H,5,8-11,15H2,1H3;1H. The van der Waals surface area contributed by atoms with Gasteiger partial charge < -0.3 is 10.6 Å². The number of carbonyl (C=O) groups is 1. The lowest BCUT2D eigenvalue weighted by Gasteiger charge is -2.31. The molecule has 0 saturated carbocycles. The number of amides is 1. The number of benzene rings is 1. The van der Waals surface area contributed by atoms with Crippen molar-refractivity contribution in [2.45, 2.75) is 18.9 Å². The lowest BCUT2D eigenvalue weighted by Crippen LogP contribution is -2.51. The summed E-state index contributed by atoms with van der Waals surface area (Å²) in [5.41, 5.74) is 6.23. The van der Waals surface area contributed by atoms with E-state index in [1.807, 2.05) is 53.9 Å². The van der Waals surface area contributed by atoms with Gasteiger partial charge in [0, 0.05) is 18.8 Å². The summed E-state index contributed by atoms with van der Waals surface area (Å²) < 4.78 is 0. The van der Waals surface area contributed by atoms with Crippen molar-refractivity contribution in [1.82, 2.24) is 4.90 Å². The van der Waals surface area contributed by atoms with Gasteiger partial charge in [0.05, 0.1) is 0 Å². The van der Waals surface area contributed by atoms with Crippen LogP contribution in [0.4, 0.5) is 0 Å². The summed E-state index contributed by atoms with van der Waals surface area (Å²) in [7, 11) is 0. The van der Waals surface area contributed by atoms with Crippen molar-refractivity contribution < 1.29 is 4.79 Å². The topological polar surface area (TPSA) is 46.3 Å². The van der Waals surface area contributed by atoms with Gasteiger partial charge in [-0.3, -0.25) is 4.79 Å². The molecule has 1 unspecified atom stereocenters. The Hall–Kier alpha value is -0.710. The number of carbonyl (C=O) groups excluding carboxylic acids is 1. The molecule has 106 valence electrons. The van der Waals surface area contributed by atoms with Gasteiger partial charge in [-0.1, -0.05) is 30.3 Å². The zero-order chi connectivity index (χ0) is 13.0. The summed E-state index contributed by atoms with van der Waals surface area (Å²) in [6, 6.07) is 9.62. The first-order valence-corrected chi connectivity index (χ1v) is 7.49. The van der Waals surface area contributed by atoms with Crippen molar-refractivity contribution in [3.63, 3.8) is 0 Å². The molecule has 1 aliphatic heterocycles. The van der Waals surface area contributed by atoms with E-state index >= 15 is 0 Å². The third-order valence-electron chi connectivity index (χ3n) is 3.33. The first kappa shape index (κ1) is 16.3. The van der Waals surface area contributed by atoms with Crippen molar-refractivity contribution in [3.05, 3.63) is 35.9 Å². The molecular formula is C14H21ClN2OS. The summed E-state index contributed by atoms with van der Waals surface area (Å²) in [5.74, 6) is 2.18. The maximum absolute atomic E-state index is 12.6. The highest BCUT2D eigenvalue weighted by atomic mass is 35.5. The van der Waals surface area contributed by atoms with Gasteiger partial charge in [-0.25, -0.2) is 0 Å².